The molecule has 10 heteroatoms. The summed E-state index contributed by atoms with van der Waals surface area (Å²) in [5, 5.41) is 20.0. The van der Waals surface area contributed by atoms with Gasteiger partial charge in [0.25, 0.3) is 11.4 Å². The van der Waals surface area contributed by atoms with E-state index in [2.05, 4.69) is 75.5 Å². The van der Waals surface area contributed by atoms with Gasteiger partial charge >= 0.3 is 0 Å². The third-order valence-electron chi connectivity index (χ3n) is 15.0. The second-order valence-corrected chi connectivity index (χ2v) is 21.5. The maximum absolute atomic E-state index is 13.9. The van der Waals surface area contributed by atoms with E-state index in [-0.39, 0.29) is 33.8 Å². The lowest BCUT2D eigenvalue weighted by atomic mass is 9.71. The number of ketones is 2. The van der Waals surface area contributed by atoms with Gasteiger partial charge in [0.2, 0.25) is 0 Å². The fourth-order valence-electron chi connectivity index (χ4n) is 11.6. The summed E-state index contributed by atoms with van der Waals surface area (Å²) in [5.41, 5.74) is 13.8. The molecule has 0 N–H and O–H groups in total. The summed E-state index contributed by atoms with van der Waals surface area (Å²) in [4.78, 5) is 39.6. The summed E-state index contributed by atoms with van der Waals surface area (Å²) in [6.07, 6.45) is 7.56. The van der Waals surface area contributed by atoms with E-state index in [0.29, 0.717) is 44.5 Å². The minimum atomic E-state index is -0.222. The van der Waals surface area contributed by atoms with Crippen LogP contribution in [0.15, 0.2) is 83.2 Å². The number of thiophene rings is 4. The molecule has 0 radical (unpaired) electrons. The molecule has 6 nitrogen and oxygen atoms in total. The highest BCUT2D eigenvalue weighted by molar-refractivity contribution is 7.31. The quantitative estimate of drug-likeness (QED) is 0.0943. The van der Waals surface area contributed by atoms with Crippen molar-refractivity contribution in [1.29, 1.82) is 10.5 Å². The maximum Gasteiger partial charge on any atom is 0.270 e. The van der Waals surface area contributed by atoms with E-state index < -0.39 is 0 Å². The summed E-state index contributed by atoms with van der Waals surface area (Å²) >= 11 is 7.16. The molecule has 0 fully saturated rings. The number of benzene rings is 3. The van der Waals surface area contributed by atoms with E-state index in [9.17, 15) is 20.1 Å². The molecule has 346 valence electrons. The van der Waals surface area contributed by atoms with Crippen molar-refractivity contribution in [3.8, 4) is 33.0 Å². The smallest absolute Gasteiger partial charge is 0.270 e. The first-order valence-electron chi connectivity index (χ1n) is 24.1. The molecule has 0 saturated carbocycles. The minimum Gasteiger partial charge on any atom is -0.289 e. The van der Waals surface area contributed by atoms with Gasteiger partial charge in [-0.15, -0.1) is 45.3 Å². The van der Waals surface area contributed by atoms with Gasteiger partial charge in [-0.1, -0.05) is 104 Å². The third kappa shape index (κ3) is 6.34. The number of fused-ring (bicyclic) bond motifs is 12. The molecule has 4 aliphatic rings. The van der Waals surface area contributed by atoms with Gasteiger partial charge in [0, 0.05) is 73.2 Å². The molecule has 0 spiro atoms. The Morgan fingerprint density at radius 1 is 0.557 bits per heavy atom. The number of carbonyl (C=O) groups excluding carboxylic acids is 2. The number of hydrogen-bond donors (Lipinski definition) is 0. The SMILES string of the molecule is CC.CC.[C-]#[N+]/C(C#N)=C1\C(=C\c2sc3c4c(sc3c2C)-c2cc3c(cc2C4(CC)CC)-c2sc4c(C)c(/C=C5\C(=O)c6ccccc6\C5=C(\C#N)[N+]#[C-])sc4c2C3(CC)CC)C(=O)c2ccccc21. The monoisotopic (exact) mass is 986 g/mol. The number of rotatable bonds is 6. The summed E-state index contributed by atoms with van der Waals surface area (Å²) in [5.74, 6) is -0.314. The number of hydrogen-bond acceptors (Lipinski definition) is 8. The maximum atomic E-state index is 13.9. The van der Waals surface area contributed by atoms with Gasteiger partial charge in [0.1, 0.15) is 0 Å². The van der Waals surface area contributed by atoms with Crippen LogP contribution in [0.2, 0.25) is 0 Å². The highest BCUT2D eigenvalue weighted by atomic mass is 32.1. The van der Waals surface area contributed by atoms with Crippen molar-refractivity contribution >= 4 is 99.0 Å². The van der Waals surface area contributed by atoms with E-state index >= 15 is 0 Å². The number of allylic oxidation sites excluding steroid dienone is 6. The van der Waals surface area contributed by atoms with Gasteiger partial charge in [0.05, 0.1) is 34.7 Å². The van der Waals surface area contributed by atoms with Crippen LogP contribution in [-0.4, -0.2) is 11.6 Å². The van der Waals surface area contributed by atoms with Crippen molar-refractivity contribution in [3.63, 3.8) is 0 Å². The van der Waals surface area contributed by atoms with Crippen LogP contribution in [0, 0.1) is 49.7 Å². The Bertz CT molecular complexity index is 3480. The zero-order valence-electron chi connectivity index (χ0n) is 41.0. The summed E-state index contributed by atoms with van der Waals surface area (Å²) < 4.78 is 4.96. The van der Waals surface area contributed by atoms with Gasteiger partial charge in [-0.05, 0) is 119 Å². The molecule has 0 bridgehead atoms. The first-order valence-corrected chi connectivity index (χ1v) is 27.4. The molecule has 11 rings (SSSR count). The number of nitrogens with zero attached hydrogens (tertiary/aromatic N) is 4. The van der Waals surface area contributed by atoms with Crippen molar-refractivity contribution in [2.24, 2.45) is 0 Å². The van der Waals surface area contributed by atoms with Crippen LogP contribution in [0.5, 0.6) is 0 Å². The number of nitriles is 2. The van der Waals surface area contributed by atoms with E-state index in [1.165, 1.54) is 61.9 Å². The molecule has 7 aromatic rings. The fourth-order valence-corrected chi connectivity index (χ4v) is 17.6. The molecule has 70 heavy (non-hydrogen) atoms. The fraction of sp³-hybridized carbons (Fsp3) is 0.267. The summed E-state index contributed by atoms with van der Waals surface area (Å²) in [6, 6.07) is 23.7. The zero-order valence-corrected chi connectivity index (χ0v) is 44.3. The van der Waals surface area contributed by atoms with Gasteiger partial charge in [-0.3, -0.25) is 9.59 Å². The topological polar surface area (TPSA) is 90.4 Å². The van der Waals surface area contributed by atoms with Crippen LogP contribution in [0.25, 0.3) is 72.7 Å². The summed E-state index contributed by atoms with van der Waals surface area (Å²) in [6.45, 7) is 37.1. The lowest BCUT2D eigenvalue weighted by Gasteiger charge is -2.31. The Kier molecular flexibility index (Phi) is 12.6. The lowest BCUT2D eigenvalue weighted by Crippen LogP contribution is -2.24. The predicted molar refractivity (Wildman–Crippen MR) is 294 cm³/mol. The molecule has 0 atom stereocenters. The van der Waals surface area contributed by atoms with E-state index in [1.807, 2.05) is 98.9 Å². The second kappa shape index (κ2) is 18.2. The van der Waals surface area contributed by atoms with Crippen molar-refractivity contribution in [3.05, 3.63) is 171 Å². The lowest BCUT2D eigenvalue weighted by molar-refractivity contribution is 0.103. The predicted octanol–water partition coefficient (Wildman–Crippen LogP) is 17.9. The highest BCUT2D eigenvalue weighted by Gasteiger charge is 2.50. The van der Waals surface area contributed by atoms with Crippen LogP contribution in [0.1, 0.15) is 156 Å². The largest absolute Gasteiger partial charge is 0.289 e. The standard InChI is InChI=1S/C56H38N4O2S4.2C2H6/c1-9-55(10-2)37-21-34-38(22-33(37)51-45(55)53-49(65-51)27(5)41(63-53)23-35-43(39(25-57)59-7)29-17-13-15-19-31(29)47(35)61)56(11-3,12-4)46-52(34)66-50-28(6)42(64-54(46)50)24-36-44(40(26-58)60-8)30-18-14-16-20-32(30)48(36)62;2*1-2/h13-24H,9-12H2,1-6H3;2*1-2H3/b35-23-,36-24-,43-39-,44-40+;;. The Labute approximate surface area is 426 Å². The number of Topliss-reactive ketones (excluding diaryl/α,β-unsaturated/α-hetero) is 2. The van der Waals surface area contributed by atoms with Crippen molar-refractivity contribution in [1.82, 2.24) is 0 Å². The Morgan fingerprint density at radius 2 is 0.900 bits per heavy atom. The Morgan fingerprint density at radius 3 is 1.21 bits per heavy atom. The zero-order chi connectivity index (χ0) is 50.1. The van der Waals surface area contributed by atoms with Gasteiger partial charge in [-0.25, -0.2) is 20.2 Å². The molecule has 4 aromatic heterocycles. The van der Waals surface area contributed by atoms with Crippen LogP contribution < -0.4 is 0 Å². The first kappa shape index (κ1) is 48.3. The van der Waals surface area contributed by atoms with E-state index in [4.69, 9.17) is 13.1 Å². The molecule has 4 heterocycles. The molecular formula is C60H50N4O2S4. The number of carbonyl (C=O) groups is 2. The molecule has 3 aromatic carbocycles. The van der Waals surface area contributed by atoms with Crippen molar-refractivity contribution < 1.29 is 9.59 Å². The van der Waals surface area contributed by atoms with Crippen LogP contribution >= 0.6 is 45.3 Å². The third-order valence-corrected chi connectivity index (χ3v) is 20.4. The van der Waals surface area contributed by atoms with E-state index in [0.717, 1.165) is 46.6 Å². The van der Waals surface area contributed by atoms with Crippen LogP contribution in [0.4, 0.5) is 0 Å². The van der Waals surface area contributed by atoms with Gasteiger partial charge < -0.3 is 0 Å². The molecule has 4 aliphatic carbocycles. The van der Waals surface area contributed by atoms with Gasteiger partial charge in [0.15, 0.2) is 11.6 Å². The van der Waals surface area contributed by atoms with E-state index in [1.54, 1.807) is 34.8 Å². The normalized spacial score (nSPS) is 17.6. The Hall–Kier alpha value is -6.76. The van der Waals surface area contributed by atoms with Gasteiger partial charge in [-0.2, -0.15) is 0 Å². The van der Waals surface area contributed by atoms with Crippen molar-refractivity contribution in [2.45, 2.75) is 106 Å². The average molecular weight is 987 g/mol. The first-order chi connectivity index (χ1) is 34.0. The van der Waals surface area contributed by atoms with Crippen LogP contribution in [0.3, 0.4) is 0 Å². The molecule has 0 saturated heterocycles. The summed E-state index contributed by atoms with van der Waals surface area (Å²) in [7, 11) is 0. The molecule has 0 aliphatic heterocycles. The average Bonchev–Trinajstić information content (AvgIpc) is 4.28. The van der Waals surface area contributed by atoms with Crippen molar-refractivity contribution in [2.75, 3.05) is 0 Å². The molecular weight excluding hydrogens is 937 g/mol. The minimum absolute atomic E-state index is 0.0705. The highest BCUT2D eigenvalue weighted by Crippen LogP contribution is 2.66. The molecule has 0 amide bonds. The second-order valence-electron chi connectivity index (χ2n) is 17.4. The Balaban J connectivity index is 0.00000148. The van der Waals surface area contributed by atoms with Crippen LogP contribution in [-0.2, 0) is 10.8 Å². The molecule has 0 unspecified atom stereocenters. The number of aryl methyl sites for hydroxylation is 2.